The number of anilines is 1. The van der Waals surface area contributed by atoms with E-state index >= 15 is 0 Å². The maximum atomic E-state index is 4.85. The molecule has 0 atom stereocenters. The van der Waals surface area contributed by atoms with E-state index in [1.807, 2.05) is 30.7 Å². The van der Waals surface area contributed by atoms with Crippen molar-refractivity contribution in [3.8, 4) is 5.82 Å². The Labute approximate surface area is 169 Å². The van der Waals surface area contributed by atoms with Gasteiger partial charge in [-0.15, -0.1) is 5.10 Å². The van der Waals surface area contributed by atoms with Crippen molar-refractivity contribution in [1.29, 1.82) is 0 Å². The summed E-state index contributed by atoms with van der Waals surface area (Å²) in [5, 5.41) is 4.52. The predicted octanol–water partition coefficient (Wildman–Crippen LogP) is 2.73. The van der Waals surface area contributed by atoms with Crippen LogP contribution in [0.3, 0.4) is 0 Å². The first-order valence-corrected chi connectivity index (χ1v) is 9.98. The van der Waals surface area contributed by atoms with Crippen LogP contribution in [0.2, 0.25) is 0 Å². The summed E-state index contributed by atoms with van der Waals surface area (Å²) < 4.78 is 4.04. The normalized spacial score (nSPS) is 14.6. The highest BCUT2D eigenvalue weighted by molar-refractivity contribution is 5.76. The van der Waals surface area contributed by atoms with E-state index in [2.05, 4.69) is 61.7 Å². The van der Waals surface area contributed by atoms with Crippen molar-refractivity contribution in [3.05, 3.63) is 53.6 Å². The zero-order valence-electron chi connectivity index (χ0n) is 17.2. The number of benzene rings is 1. The molecule has 0 saturated carbocycles. The molecule has 1 fully saturated rings. The van der Waals surface area contributed by atoms with Crippen LogP contribution < -0.4 is 4.90 Å². The van der Waals surface area contributed by atoms with Crippen molar-refractivity contribution in [2.75, 3.05) is 18.0 Å². The van der Waals surface area contributed by atoms with Crippen molar-refractivity contribution < 1.29 is 0 Å². The van der Waals surface area contributed by atoms with Gasteiger partial charge in [-0.25, -0.2) is 19.9 Å². The third-order valence-electron chi connectivity index (χ3n) is 5.52. The van der Waals surface area contributed by atoms with Gasteiger partial charge in [0.25, 0.3) is 0 Å². The number of imidazole rings is 1. The Kier molecular flexibility index (Phi) is 4.08. The molecule has 1 aliphatic heterocycles. The first-order valence-electron chi connectivity index (χ1n) is 9.98. The highest BCUT2D eigenvalue weighted by Crippen LogP contribution is 2.32. The minimum Gasteiger partial charge on any atom is -0.355 e. The number of hydrogen-bond donors (Lipinski definition) is 0. The van der Waals surface area contributed by atoms with Gasteiger partial charge in [-0.05, 0) is 26.0 Å². The van der Waals surface area contributed by atoms with Crippen LogP contribution in [0.25, 0.3) is 16.9 Å². The highest BCUT2D eigenvalue weighted by atomic mass is 15.4. The number of hydrogen-bond acceptors (Lipinski definition) is 6. The molecule has 0 radical (unpaired) electrons. The summed E-state index contributed by atoms with van der Waals surface area (Å²) >= 11 is 0. The van der Waals surface area contributed by atoms with Crippen LogP contribution in [0.1, 0.15) is 36.1 Å². The lowest BCUT2D eigenvalue weighted by molar-refractivity contribution is 0.485. The molecule has 29 heavy (non-hydrogen) atoms. The molecule has 8 nitrogen and oxygen atoms in total. The lowest BCUT2D eigenvalue weighted by atomic mass is 9.99. The van der Waals surface area contributed by atoms with Crippen molar-refractivity contribution in [1.82, 2.24) is 34.3 Å². The quantitative estimate of drug-likeness (QED) is 0.535. The molecular formula is C21H24N8. The van der Waals surface area contributed by atoms with Crippen molar-refractivity contribution in [3.63, 3.8) is 0 Å². The SMILES string of the molecule is CCc1nc(C)nn1-c1cc(N2CC(c3nc4ccccc4n3C)C2)nc(C)n1. The second-order valence-corrected chi connectivity index (χ2v) is 7.59. The molecule has 0 bridgehead atoms. The average Bonchev–Trinajstić information content (AvgIpc) is 3.21. The summed E-state index contributed by atoms with van der Waals surface area (Å²) in [6.45, 7) is 7.69. The molecule has 1 aromatic carbocycles. The van der Waals surface area contributed by atoms with Gasteiger partial charge in [0.15, 0.2) is 5.82 Å². The summed E-state index contributed by atoms with van der Waals surface area (Å²) in [5.41, 5.74) is 2.23. The minimum absolute atomic E-state index is 0.394. The number of fused-ring (bicyclic) bond motifs is 1. The second kappa shape index (κ2) is 6.65. The van der Waals surface area contributed by atoms with Crippen molar-refractivity contribution >= 4 is 16.9 Å². The van der Waals surface area contributed by atoms with Crippen LogP contribution >= 0.6 is 0 Å². The largest absolute Gasteiger partial charge is 0.355 e. The number of rotatable bonds is 4. The van der Waals surface area contributed by atoms with Crippen LogP contribution in [0.15, 0.2) is 30.3 Å². The standard InChI is InChI=1S/C21H24N8/c1-5-18-24-14(3)26-29(18)20-10-19(22-13(2)23-20)28-11-15(12-28)21-25-16-8-6-7-9-17(16)27(21)4/h6-10,15H,5,11-12H2,1-4H3. The van der Waals surface area contributed by atoms with Crippen LogP contribution in [-0.4, -0.2) is 47.4 Å². The maximum absolute atomic E-state index is 4.85. The molecule has 4 heterocycles. The monoisotopic (exact) mass is 388 g/mol. The van der Waals surface area contributed by atoms with E-state index in [1.54, 1.807) is 0 Å². The third-order valence-corrected chi connectivity index (χ3v) is 5.52. The van der Waals surface area contributed by atoms with E-state index in [0.29, 0.717) is 5.92 Å². The van der Waals surface area contributed by atoms with Gasteiger partial charge in [0.2, 0.25) is 0 Å². The maximum Gasteiger partial charge on any atom is 0.161 e. The summed E-state index contributed by atoms with van der Waals surface area (Å²) in [4.78, 5) is 20.9. The van der Waals surface area contributed by atoms with Gasteiger partial charge in [0, 0.05) is 32.6 Å². The molecule has 4 aromatic rings. The van der Waals surface area contributed by atoms with Gasteiger partial charge in [-0.1, -0.05) is 19.1 Å². The predicted molar refractivity (Wildman–Crippen MR) is 111 cm³/mol. The fourth-order valence-electron chi connectivity index (χ4n) is 4.04. The molecule has 5 rings (SSSR count). The van der Waals surface area contributed by atoms with Gasteiger partial charge < -0.3 is 9.47 Å². The van der Waals surface area contributed by atoms with E-state index < -0.39 is 0 Å². The molecule has 0 amide bonds. The fraction of sp³-hybridized carbons (Fsp3) is 0.381. The molecule has 148 valence electrons. The van der Waals surface area contributed by atoms with Crippen LogP contribution in [0.5, 0.6) is 0 Å². The lowest BCUT2D eigenvalue weighted by Crippen LogP contribution is -2.46. The molecule has 8 heteroatoms. The Bertz CT molecular complexity index is 1200. The number of aryl methyl sites for hydroxylation is 4. The first kappa shape index (κ1) is 17.8. The summed E-state index contributed by atoms with van der Waals surface area (Å²) in [7, 11) is 2.10. The van der Waals surface area contributed by atoms with Crippen molar-refractivity contribution in [2.24, 2.45) is 7.05 Å². The average molecular weight is 388 g/mol. The van der Waals surface area contributed by atoms with Crippen molar-refractivity contribution in [2.45, 2.75) is 33.1 Å². The van der Waals surface area contributed by atoms with Crippen LogP contribution in [-0.2, 0) is 13.5 Å². The zero-order valence-corrected chi connectivity index (χ0v) is 17.2. The van der Waals surface area contributed by atoms with E-state index in [9.17, 15) is 0 Å². The van der Waals surface area contributed by atoms with E-state index in [4.69, 9.17) is 4.98 Å². The van der Waals surface area contributed by atoms with E-state index in [1.165, 1.54) is 5.52 Å². The molecular weight excluding hydrogens is 364 g/mol. The zero-order chi connectivity index (χ0) is 20.1. The molecule has 0 aliphatic carbocycles. The molecule has 3 aromatic heterocycles. The third kappa shape index (κ3) is 2.95. The number of nitrogens with zero attached hydrogens (tertiary/aromatic N) is 8. The molecule has 1 saturated heterocycles. The van der Waals surface area contributed by atoms with Gasteiger partial charge in [0.05, 0.1) is 17.0 Å². The Balaban J connectivity index is 1.41. The van der Waals surface area contributed by atoms with Gasteiger partial charge in [-0.2, -0.15) is 4.68 Å². The van der Waals surface area contributed by atoms with Crippen LogP contribution in [0, 0.1) is 13.8 Å². The summed E-state index contributed by atoms with van der Waals surface area (Å²) in [5.74, 6) is 5.63. The fourth-order valence-corrected chi connectivity index (χ4v) is 4.04. The van der Waals surface area contributed by atoms with Crippen LogP contribution in [0.4, 0.5) is 5.82 Å². The lowest BCUT2D eigenvalue weighted by Gasteiger charge is -2.39. The van der Waals surface area contributed by atoms with E-state index in [0.717, 1.165) is 60.0 Å². The summed E-state index contributed by atoms with van der Waals surface area (Å²) in [6, 6.07) is 10.3. The van der Waals surface area contributed by atoms with Gasteiger partial charge >= 0.3 is 0 Å². The Morgan fingerprint density at radius 3 is 2.48 bits per heavy atom. The minimum atomic E-state index is 0.394. The summed E-state index contributed by atoms with van der Waals surface area (Å²) in [6.07, 6.45) is 0.803. The Morgan fingerprint density at radius 1 is 0.966 bits per heavy atom. The number of aromatic nitrogens is 7. The van der Waals surface area contributed by atoms with E-state index in [-0.39, 0.29) is 0 Å². The molecule has 0 spiro atoms. The Morgan fingerprint density at radius 2 is 1.72 bits per heavy atom. The van der Waals surface area contributed by atoms with Gasteiger partial charge in [-0.3, -0.25) is 0 Å². The molecule has 0 N–H and O–H groups in total. The Hall–Kier alpha value is -3.29. The topological polar surface area (TPSA) is 77.5 Å². The second-order valence-electron chi connectivity index (χ2n) is 7.59. The van der Waals surface area contributed by atoms with Gasteiger partial charge in [0.1, 0.15) is 29.1 Å². The highest BCUT2D eigenvalue weighted by Gasteiger charge is 2.33. The molecule has 1 aliphatic rings. The molecule has 0 unspecified atom stereocenters. The smallest absolute Gasteiger partial charge is 0.161 e. The first-order chi connectivity index (χ1) is 14.0. The number of para-hydroxylation sites is 2.